The molecular weight excluding hydrogens is 418 g/mol. The number of hydrogen-bond acceptors (Lipinski definition) is 7. The Morgan fingerprint density at radius 1 is 1.00 bits per heavy atom. The molecule has 0 atom stereocenters. The molecule has 4 rings (SSSR count). The minimum absolute atomic E-state index is 0.00306. The molecule has 0 amide bonds. The maximum absolute atomic E-state index is 12.6. The lowest BCUT2D eigenvalue weighted by atomic mass is 10.1. The minimum atomic E-state index is -3.41. The Balaban J connectivity index is 1.39. The van der Waals surface area contributed by atoms with E-state index in [4.69, 9.17) is 0 Å². The number of non-ortho nitro benzene ring substituents is 1. The van der Waals surface area contributed by atoms with Crippen LogP contribution in [0.2, 0.25) is 0 Å². The molecule has 31 heavy (non-hydrogen) atoms. The van der Waals surface area contributed by atoms with Gasteiger partial charge in [-0.3, -0.25) is 10.1 Å². The number of benzene rings is 2. The third kappa shape index (κ3) is 4.70. The van der Waals surface area contributed by atoms with Crippen molar-refractivity contribution in [3.63, 3.8) is 0 Å². The van der Waals surface area contributed by atoms with Gasteiger partial charge in [-0.25, -0.2) is 8.42 Å². The topological polar surface area (TPSA) is 118 Å². The second-order valence-corrected chi connectivity index (χ2v) is 9.16. The van der Waals surface area contributed by atoms with Crippen molar-refractivity contribution in [2.75, 3.05) is 18.4 Å². The molecule has 0 spiro atoms. The highest BCUT2D eigenvalue weighted by Gasteiger charge is 2.26. The van der Waals surface area contributed by atoms with Crippen molar-refractivity contribution >= 4 is 21.5 Å². The first-order valence-electron chi connectivity index (χ1n) is 9.85. The van der Waals surface area contributed by atoms with Gasteiger partial charge in [0.15, 0.2) is 0 Å². The molecule has 2 heterocycles. The van der Waals surface area contributed by atoms with E-state index in [2.05, 4.69) is 15.5 Å². The molecule has 0 aliphatic carbocycles. The van der Waals surface area contributed by atoms with E-state index in [0.29, 0.717) is 41.6 Å². The second kappa shape index (κ2) is 8.78. The standard InChI is InChI=1S/C21H21N5O4S/c27-26(28)18-5-3-4-17(14-18)20-10-11-21(24-23-20)22-15-16-6-8-19(9-7-16)31(29,30)25-12-1-2-13-25/h3-11,14H,1-2,12-13,15H2,(H,22,24). The van der Waals surface area contributed by atoms with E-state index in [1.54, 1.807) is 48.5 Å². The summed E-state index contributed by atoms with van der Waals surface area (Å²) in [6.45, 7) is 1.61. The zero-order valence-electron chi connectivity index (χ0n) is 16.6. The van der Waals surface area contributed by atoms with E-state index in [9.17, 15) is 18.5 Å². The van der Waals surface area contributed by atoms with Crippen LogP contribution in [0.15, 0.2) is 65.6 Å². The predicted molar refractivity (Wildman–Crippen MR) is 116 cm³/mol. The van der Waals surface area contributed by atoms with E-state index in [1.807, 2.05) is 0 Å². The lowest BCUT2D eigenvalue weighted by molar-refractivity contribution is -0.384. The molecule has 9 nitrogen and oxygen atoms in total. The normalized spacial score (nSPS) is 14.5. The molecule has 1 aliphatic heterocycles. The zero-order valence-corrected chi connectivity index (χ0v) is 17.5. The van der Waals surface area contributed by atoms with Gasteiger partial charge >= 0.3 is 0 Å². The summed E-state index contributed by atoms with van der Waals surface area (Å²) in [6, 6.07) is 16.5. The summed E-state index contributed by atoms with van der Waals surface area (Å²) in [5.74, 6) is 0.544. The Morgan fingerprint density at radius 3 is 2.39 bits per heavy atom. The summed E-state index contributed by atoms with van der Waals surface area (Å²) < 4.78 is 26.7. The number of anilines is 1. The number of hydrogen-bond donors (Lipinski definition) is 1. The fraction of sp³-hybridized carbons (Fsp3) is 0.238. The number of rotatable bonds is 7. The highest BCUT2D eigenvalue weighted by molar-refractivity contribution is 7.89. The van der Waals surface area contributed by atoms with Crippen molar-refractivity contribution in [2.24, 2.45) is 0 Å². The Labute approximate surface area is 179 Å². The molecule has 1 aromatic heterocycles. The average molecular weight is 439 g/mol. The van der Waals surface area contributed by atoms with Crippen molar-refractivity contribution in [3.8, 4) is 11.3 Å². The summed E-state index contributed by atoms with van der Waals surface area (Å²) >= 11 is 0. The van der Waals surface area contributed by atoms with Crippen LogP contribution in [-0.2, 0) is 16.6 Å². The predicted octanol–water partition coefficient (Wildman–Crippen LogP) is 3.45. The van der Waals surface area contributed by atoms with Crippen LogP contribution < -0.4 is 5.32 Å². The van der Waals surface area contributed by atoms with E-state index in [0.717, 1.165) is 18.4 Å². The Morgan fingerprint density at radius 2 is 1.74 bits per heavy atom. The largest absolute Gasteiger partial charge is 0.365 e. The monoisotopic (exact) mass is 439 g/mol. The third-order valence-corrected chi connectivity index (χ3v) is 7.03. The molecule has 0 saturated carbocycles. The van der Waals surface area contributed by atoms with E-state index < -0.39 is 14.9 Å². The molecule has 1 aliphatic rings. The molecule has 10 heteroatoms. The summed E-state index contributed by atoms with van der Waals surface area (Å²) in [7, 11) is -3.41. The van der Waals surface area contributed by atoms with Gasteiger partial charge < -0.3 is 5.32 Å². The summed E-state index contributed by atoms with van der Waals surface area (Å²) in [5, 5.41) is 22.3. The lowest BCUT2D eigenvalue weighted by Crippen LogP contribution is -2.27. The van der Waals surface area contributed by atoms with Gasteiger partial charge in [0, 0.05) is 37.3 Å². The van der Waals surface area contributed by atoms with Gasteiger partial charge in [-0.2, -0.15) is 4.31 Å². The Kier molecular flexibility index (Phi) is 5.92. The second-order valence-electron chi connectivity index (χ2n) is 7.22. The highest BCUT2D eigenvalue weighted by atomic mass is 32.2. The van der Waals surface area contributed by atoms with Crippen LogP contribution in [0.4, 0.5) is 11.5 Å². The number of nitrogens with one attached hydrogen (secondary N) is 1. The molecule has 0 unspecified atom stereocenters. The molecule has 1 N–H and O–H groups in total. The van der Waals surface area contributed by atoms with Gasteiger partial charge in [-0.05, 0) is 42.7 Å². The molecule has 1 fully saturated rings. The van der Waals surface area contributed by atoms with E-state index in [1.165, 1.54) is 16.4 Å². The number of nitrogens with zero attached hydrogens (tertiary/aromatic N) is 4. The third-order valence-electron chi connectivity index (χ3n) is 5.12. The number of nitro benzene ring substituents is 1. The van der Waals surface area contributed by atoms with Gasteiger partial charge in [-0.15, -0.1) is 10.2 Å². The fourth-order valence-electron chi connectivity index (χ4n) is 3.41. The Bertz CT molecular complexity index is 1180. The quantitative estimate of drug-likeness (QED) is 0.442. The van der Waals surface area contributed by atoms with Crippen LogP contribution >= 0.6 is 0 Å². The van der Waals surface area contributed by atoms with Crippen LogP contribution in [-0.4, -0.2) is 40.9 Å². The van der Waals surface area contributed by atoms with Gasteiger partial charge in [0.25, 0.3) is 5.69 Å². The van der Waals surface area contributed by atoms with Crippen LogP contribution in [0.1, 0.15) is 18.4 Å². The fourth-order valence-corrected chi connectivity index (χ4v) is 4.93. The molecule has 0 bridgehead atoms. The van der Waals surface area contributed by atoms with E-state index in [-0.39, 0.29) is 5.69 Å². The van der Waals surface area contributed by atoms with Crippen LogP contribution in [0.3, 0.4) is 0 Å². The smallest absolute Gasteiger partial charge is 0.270 e. The molecule has 3 aromatic rings. The highest BCUT2D eigenvalue weighted by Crippen LogP contribution is 2.23. The number of nitro groups is 1. The van der Waals surface area contributed by atoms with Crippen molar-refractivity contribution in [1.29, 1.82) is 0 Å². The average Bonchev–Trinajstić information content (AvgIpc) is 3.34. The first kappa shape index (κ1) is 20.9. The summed E-state index contributed by atoms with van der Waals surface area (Å²) in [4.78, 5) is 10.8. The first-order valence-corrected chi connectivity index (χ1v) is 11.3. The van der Waals surface area contributed by atoms with Crippen LogP contribution in [0.5, 0.6) is 0 Å². The number of aromatic nitrogens is 2. The van der Waals surface area contributed by atoms with Crippen LogP contribution in [0, 0.1) is 10.1 Å². The maximum atomic E-state index is 12.6. The number of sulfonamides is 1. The molecule has 0 radical (unpaired) electrons. The van der Waals surface area contributed by atoms with Gasteiger partial charge in [-0.1, -0.05) is 24.3 Å². The summed E-state index contributed by atoms with van der Waals surface area (Å²) in [5.41, 5.74) is 2.05. The molecule has 1 saturated heterocycles. The van der Waals surface area contributed by atoms with Crippen molar-refractivity contribution in [3.05, 3.63) is 76.3 Å². The van der Waals surface area contributed by atoms with Gasteiger partial charge in [0.1, 0.15) is 5.82 Å². The molecular formula is C21H21N5O4S. The van der Waals surface area contributed by atoms with E-state index >= 15 is 0 Å². The lowest BCUT2D eigenvalue weighted by Gasteiger charge is -2.15. The van der Waals surface area contributed by atoms with Crippen molar-refractivity contribution < 1.29 is 13.3 Å². The first-order chi connectivity index (χ1) is 14.9. The SMILES string of the molecule is O=[N+]([O-])c1cccc(-c2ccc(NCc3ccc(S(=O)(=O)N4CCCC4)cc3)nn2)c1. The van der Waals surface area contributed by atoms with Crippen molar-refractivity contribution in [2.45, 2.75) is 24.3 Å². The van der Waals surface area contributed by atoms with Crippen molar-refractivity contribution in [1.82, 2.24) is 14.5 Å². The summed E-state index contributed by atoms with van der Waals surface area (Å²) in [6.07, 6.45) is 1.81. The Hall–Kier alpha value is -3.37. The van der Waals surface area contributed by atoms with Gasteiger partial charge in [0.2, 0.25) is 10.0 Å². The van der Waals surface area contributed by atoms with Crippen LogP contribution in [0.25, 0.3) is 11.3 Å². The maximum Gasteiger partial charge on any atom is 0.270 e. The zero-order chi connectivity index (χ0) is 21.8. The molecule has 160 valence electrons. The minimum Gasteiger partial charge on any atom is -0.365 e. The van der Waals surface area contributed by atoms with Gasteiger partial charge in [0.05, 0.1) is 15.5 Å². The molecule has 2 aromatic carbocycles.